The third kappa shape index (κ3) is 3.00. The average Bonchev–Trinajstić information content (AvgIpc) is 2.43. The van der Waals surface area contributed by atoms with E-state index in [0.29, 0.717) is 11.1 Å². The van der Waals surface area contributed by atoms with Gasteiger partial charge in [0.15, 0.2) is 0 Å². The van der Waals surface area contributed by atoms with Crippen molar-refractivity contribution in [1.29, 1.82) is 0 Å². The molecule has 2 saturated carbocycles. The highest BCUT2D eigenvalue weighted by Gasteiger charge is 2.31. The Hall–Kier alpha value is -0.890. The number of phenols is 1. The summed E-state index contributed by atoms with van der Waals surface area (Å²) in [6.07, 6.45) is 9.64. The first-order valence-corrected chi connectivity index (χ1v) is 7.85. The Balaban J connectivity index is 1.62. The summed E-state index contributed by atoms with van der Waals surface area (Å²) in [5.74, 6) is 2.06. The van der Waals surface area contributed by atoms with Gasteiger partial charge in [-0.25, -0.2) is 0 Å². The maximum absolute atomic E-state index is 9.44. The van der Waals surface area contributed by atoms with Gasteiger partial charge in [0.25, 0.3) is 0 Å². The molecule has 0 amide bonds. The van der Waals surface area contributed by atoms with E-state index in [1.54, 1.807) is 6.07 Å². The molecule has 2 aliphatic carbocycles. The van der Waals surface area contributed by atoms with Crippen LogP contribution in [0.25, 0.3) is 0 Å². The van der Waals surface area contributed by atoms with E-state index in [9.17, 15) is 5.11 Å². The number of fused-ring (bicyclic) bond motifs is 1. The van der Waals surface area contributed by atoms with Crippen LogP contribution in [0.5, 0.6) is 5.75 Å². The molecule has 3 heteroatoms. The molecule has 0 radical (unpaired) electrons. The van der Waals surface area contributed by atoms with E-state index in [2.05, 4.69) is 5.32 Å². The molecule has 0 saturated heterocycles. The van der Waals surface area contributed by atoms with Gasteiger partial charge in [-0.2, -0.15) is 0 Å². The second kappa shape index (κ2) is 5.62. The van der Waals surface area contributed by atoms with E-state index in [-0.39, 0.29) is 5.75 Å². The van der Waals surface area contributed by atoms with Crippen LogP contribution >= 0.6 is 11.6 Å². The van der Waals surface area contributed by atoms with Crippen molar-refractivity contribution in [1.82, 2.24) is 0 Å². The molecule has 2 fully saturated rings. The molecule has 1 aromatic rings. The highest BCUT2D eigenvalue weighted by atomic mass is 35.5. The molecule has 0 heterocycles. The first kappa shape index (κ1) is 13.1. The Morgan fingerprint density at radius 2 is 1.84 bits per heavy atom. The lowest BCUT2D eigenvalue weighted by atomic mass is 9.69. The molecule has 3 rings (SSSR count). The topological polar surface area (TPSA) is 32.3 Å². The molecule has 0 spiro atoms. The van der Waals surface area contributed by atoms with Crippen molar-refractivity contribution >= 4 is 17.3 Å². The number of hydrogen-bond acceptors (Lipinski definition) is 2. The molecule has 0 bridgehead atoms. The lowest BCUT2D eigenvalue weighted by Crippen LogP contribution is -2.34. The monoisotopic (exact) mass is 279 g/mol. The second-order valence-electron chi connectivity index (χ2n) is 6.13. The number of aromatic hydroxyl groups is 1. The third-order valence-electron chi connectivity index (χ3n) is 4.86. The summed E-state index contributed by atoms with van der Waals surface area (Å²) in [6, 6.07) is 5.97. The van der Waals surface area contributed by atoms with Crippen LogP contribution in [0.2, 0.25) is 5.02 Å². The molecule has 19 heavy (non-hydrogen) atoms. The minimum absolute atomic E-state index is 0.156. The summed E-state index contributed by atoms with van der Waals surface area (Å²) < 4.78 is 0. The Morgan fingerprint density at radius 3 is 2.63 bits per heavy atom. The van der Waals surface area contributed by atoms with Crippen LogP contribution < -0.4 is 5.32 Å². The van der Waals surface area contributed by atoms with Crippen LogP contribution in [0, 0.1) is 11.8 Å². The zero-order valence-corrected chi connectivity index (χ0v) is 12.0. The second-order valence-corrected chi connectivity index (χ2v) is 6.53. The standard InChI is InChI=1S/C16H22ClNO/c17-15-10-14(7-8-16(15)19)18-13-6-5-11-3-1-2-4-12(11)9-13/h7-8,10-13,18-19H,1-6,9H2. The summed E-state index contributed by atoms with van der Waals surface area (Å²) in [4.78, 5) is 0. The highest BCUT2D eigenvalue weighted by Crippen LogP contribution is 2.41. The smallest absolute Gasteiger partial charge is 0.134 e. The van der Waals surface area contributed by atoms with Gasteiger partial charge in [0.1, 0.15) is 5.75 Å². The summed E-state index contributed by atoms with van der Waals surface area (Å²) in [7, 11) is 0. The SMILES string of the molecule is Oc1ccc(NC2CCC3CCCCC3C2)cc1Cl. The first-order valence-electron chi connectivity index (χ1n) is 7.47. The van der Waals surface area contributed by atoms with Gasteiger partial charge in [0.2, 0.25) is 0 Å². The van der Waals surface area contributed by atoms with Crippen molar-refractivity contribution in [2.24, 2.45) is 11.8 Å². The molecule has 2 aliphatic rings. The predicted molar refractivity (Wildman–Crippen MR) is 79.8 cm³/mol. The van der Waals surface area contributed by atoms with E-state index in [1.165, 1.54) is 44.9 Å². The van der Waals surface area contributed by atoms with Gasteiger partial charge in [-0.1, -0.05) is 37.3 Å². The van der Waals surface area contributed by atoms with Crippen molar-refractivity contribution < 1.29 is 5.11 Å². The molecular weight excluding hydrogens is 258 g/mol. The van der Waals surface area contributed by atoms with Gasteiger partial charge in [-0.15, -0.1) is 0 Å². The van der Waals surface area contributed by atoms with Crippen LogP contribution in [0.3, 0.4) is 0 Å². The Kier molecular flexibility index (Phi) is 3.88. The average molecular weight is 280 g/mol. The minimum atomic E-state index is 0.156. The number of nitrogens with one attached hydrogen (secondary N) is 1. The first-order chi connectivity index (χ1) is 9.22. The number of benzene rings is 1. The maximum atomic E-state index is 9.44. The molecule has 0 aliphatic heterocycles. The van der Waals surface area contributed by atoms with Gasteiger partial charge < -0.3 is 10.4 Å². The minimum Gasteiger partial charge on any atom is -0.506 e. The molecule has 0 aromatic heterocycles. The van der Waals surface area contributed by atoms with Crippen molar-refractivity contribution in [3.8, 4) is 5.75 Å². The zero-order valence-electron chi connectivity index (χ0n) is 11.2. The fraction of sp³-hybridized carbons (Fsp3) is 0.625. The van der Waals surface area contributed by atoms with Crippen molar-refractivity contribution in [3.05, 3.63) is 23.2 Å². The Morgan fingerprint density at radius 1 is 1.05 bits per heavy atom. The van der Waals surface area contributed by atoms with Gasteiger partial charge in [-0.3, -0.25) is 0 Å². The summed E-state index contributed by atoms with van der Waals surface area (Å²) in [6.45, 7) is 0. The molecule has 104 valence electrons. The van der Waals surface area contributed by atoms with E-state index >= 15 is 0 Å². The van der Waals surface area contributed by atoms with Gasteiger partial charge in [-0.05, 0) is 49.3 Å². The van der Waals surface area contributed by atoms with E-state index in [4.69, 9.17) is 11.6 Å². The van der Waals surface area contributed by atoms with Crippen LogP contribution in [0.4, 0.5) is 5.69 Å². The maximum Gasteiger partial charge on any atom is 0.134 e. The largest absolute Gasteiger partial charge is 0.506 e. The van der Waals surface area contributed by atoms with E-state index in [1.807, 2.05) is 12.1 Å². The van der Waals surface area contributed by atoms with Crippen molar-refractivity contribution in [2.45, 2.75) is 51.0 Å². The molecule has 3 unspecified atom stereocenters. The van der Waals surface area contributed by atoms with E-state index in [0.717, 1.165) is 17.5 Å². The Labute approximate surface area is 120 Å². The number of rotatable bonds is 2. The molecular formula is C16H22ClNO. The fourth-order valence-electron chi connectivity index (χ4n) is 3.84. The normalized spacial score (nSPS) is 30.7. The summed E-state index contributed by atoms with van der Waals surface area (Å²) >= 11 is 5.95. The predicted octanol–water partition coefficient (Wildman–Crippen LogP) is 4.82. The summed E-state index contributed by atoms with van der Waals surface area (Å²) in [5.41, 5.74) is 1.03. The number of hydrogen-bond donors (Lipinski definition) is 2. The van der Waals surface area contributed by atoms with Crippen LogP contribution in [0.1, 0.15) is 44.9 Å². The number of phenolic OH excluding ortho intramolecular Hbond substituents is 1. The molecule has 2 N–H and O–H groups in total. The Bertz CT molecular complexity index is 448. The molecule has 3 atom stereocenters. The van der Waals surface area contributed by atoms with Crippen LogP contribution in [-0.2, 0) is 0 Å². The van der Waals surface area contributed by atoms with Gasteiger partial charge in [0, 0.05) is 11.7 Å². The molecule has 1 aromatic carbocycles. The number of anilines is 1. The van der Waals surface area contributed by atoms with Gasteiger partial charge in [0.05, 0.1) is 5.02 Å². The fourth-order valence-corrected chi connectivity index (χ4v) is 4.02. The lowest BCUT2D eigenvalue weighted by Gasteiger charge is -2.39. The zero-order chi connectivity index (χ0) is 13.2. The quantitative estimate of drug-likeness (QED) is 0.761. The van der Waals surface area contributed by atoms with Crippen molar-refractivity contribution in [2.75, 3.05) is 5.32 Å². The molecule has 2 nitrogen and oxygen atoms in total. The van der Waals surface area contributed by atoms with Crippen LogP contribution in [-0.4, -0.2) is 11.1 Å². The van der Waals surface area contributed by atoms with Crippen molar-refractivity contribution in [3.63, 3.8) is 0 Å². The number of halogens is 1. The highest BCUT2D eigenvalue weighted by molar-refractivity contribution is 6.32. The third-order valence-corrected chi connectivity index (χ3v) is 5.16. The lowest BCUT2D eigenvalue weighted by molar-refractivity contribution is 0.162. The van der Waals surface area contributed by atoms with E-state index < -0.39 is 0 Å². The van der Waals surface area contributed by atoms with Crippen LogP contribution in [0.15, 0.2) is 18.2 Å². The van der Waals surface area contributed by atoms with Gasteiger partial charge >= 0.3 is 0 Å². The summed E-state index contributed by atoms with van der Waals surface area (Å²) in [5, 5.41) is 13.5.